The molecule has 0 aromatic carbocycles. The third kappa shape index (κ3) is 7.19. The summed E-state index contributed by atoms with van der Waals surface area (Å²) in [7, 11) is -4.01. The Labute approximate surface area is 244 Å². The van der Waals surface area contributed by atoms with Gasteiger partial charge in [-0.15, -0.1) is 0 Å². The highest BCUT2D eigenvalue weighted by atomic mass is 32.1. The van der Waals surface area contributed by atoms with Crippen molar-refractivity contribution in [3.8, 4) is 5.75 Å². The Hall–Kier alpha value is -3.08. The minimum absolute atomic E-state index is 0.272. The number of nitrogens with one attached hydrogen (secondary N) is 2. The predicted octanol–water partition coefficient (Wildman–Crippen LogP) is -3.62. The average molecular weight is 655 g/mol. The summed E-state index contributed by atoms with van der Waals surface area (Å²) in [5.74, 6) is -1.20. The fraction of sp³-hybridized carbons (Fsp3) is 0.571. The molecule has 7 N–H and O–H groups in total. The van der Waals surface area contributed by atoms with Crippen LogP contribution >= 0.6 is 20.0 Å². The first kappa shape index (κ1) is 32.8. The fourth-order valence-corrected chi connectivity index (χ4v) is 5.47. The van der Waals surface area contributed by atoms with Crippen molar-refractivity contribution in [2.24, 2.45) is 0 Å². The topological polar surface area (TPSA) is 283 Å². The van der Waals surface area contributed by atoms with Gasteiger partial charge in [0, 0.05) is 12.3 Å². The van der Waals surface area contributed by atoms with Gasteiger partial charge >= 0.3 is 19.5 Å². The van der Waals surface area contributed by atoms with Crippen LogP contribution in [0.1, 0.15) is 12.5 Å². The summed E-state index contributed by atoms with van der Waals surface area (Å²) in [5.41, 5.74) is -2.52. The van der Waals surface area contributed by atoms with Crippen LogP contribution in [-0.2, 0) is 32.6 Å². The van der Waals surface area contributed by atoms with Gasteiger partial charge in [-0.05, 0) is 12.2 Å². The van der Waals surface area contributed by atoms with Crippen LogP contribution in [0.25, 0.3) is 0 Å². The second-order valence-electron chi connectivity index (χ2n) is 9.16. The number of phosphoric ester groups is 1. The Morgan fingerprint density at radius 1 is 1.07 bits per heavy atom. The summed E-state index contributed by atoms with van der Waals surface area (Å²) in [6, 6.07) is 0.963. The lowest BCUT2D eigenvalue weighted by Gasteiger charge is -2.23. The van der Waals surface area contributed by atoms with Gasteiger partial charge in [-0.2, -0.15) is 0 Å². The first-order valence-corrected chi connectivity index (χ1v) is 14.1. The van der Waals surface area contributed by atoms with Crippen LogP contribution in [0.5, 0.6) is 5.75 Å². The summed E-state index contributed by atoms with van der Waals surface area (Å²) >= 11 is 5.08. The molecule has 4 rings (SSSR count). The van der Waals surface area contributed by atoms with Crippen LogP contribution in [0.4, 0.5) is 0 Å². The number of nitrogens with zero attached hydrogens (tertiary/aromatic N) is 2. The summed E-state index contributed by atoms with van der Waals surface area (Å²) in [4.78, 5) is 61.4. The summed E-state index contributed by atoms with van der Waals surface area (Å²) in [5, 5.41) is 41.4. The fourth-order valence-electron chi connectivity index (χ4n) is 4.26. The number of hydrogen-bond acceptors (Lipinski definition) is 16. The molecule has 43 heavy (non-hydrogen) atoms. The molecule has 22 heteroatoms. The number of aromatic amines is 2. The number of aliphatic hydroxyl groups excluding tert-OH is 4. The van der Waals surface area contributed by atoms with Gasteiger partial charge in [0.15, 0.2) is 23.8 Å². The van der Waals surface area contributed by atoms with Crippen LogP contribution in [-0.4, -0.2) is 114 Å². The highest BCUT2D eigenvalue weighted by molar-refractivity contribution is 7.71. The first-order chi connectivity index (χ1) is 20.3. The molecule has 0 aliphatic carbocycles. The second-order valence-corrected chi connectivity index (χ2v) is 11.0. The zero-order valence-corrected chi connectivity index (χ0v) is 23.7. The summed E-state index contributed by atoms with van der Waals surface area (Å²) in [6.45, 7) is -2.31. The molecule has 0 amide bonds. The Morgan fingerprint density at radius 2 is 1.74 bits per heavy atom. The Balaban J connectivity index is 1.44. The van der Waals surface area contributed by atoms with Crippen molar-refractivity contribution < 1.29 is 62.7 Å². The van der Waals surface area contributed by atoms with E-state index in [1.807, 2.05) is 4.98 Å². The number of hydrogen-bond donors (Lipinski definition) is 7. The van der Waals surface area contributed by atoms with Crippen LogP contribution < -0.4 is 21.5 Å². The van der Waals surface area contributed by atoms with Gasteiger partial charge in [0.25, 0.3) is 11.1 Å². The number of carbonyl (C=O) groups is 1. The largest absolute Gasteiger partial charge is 0.475 e. The maximum absolute atomic E-state index is 12.7. The van der Waals surface area contributed by atoms with Crippen LogP contribution in [0.2, 0.25) is 0 Å². The predicted molar refractivity (Wildman–Crippen MR) is 138 cm³/mol. The molecular formula is C21H27N4O16PS. The number of esters is 1. The number of rotatable bonds is 11. The third-order valence-electron chi connectivity index (χ3n) is 6.39. The minimum Gasteiger partial charge on any atom is -0.475 e. The molecule has 0 bridgehead atoms. The molecule has 0 saturated carbocycles. The Kier molecular flexibility index (Phi) is 10.1. The molecule has 20 nitrogen and oxygen atoms in total. The van der Waals surface area contributed by atoms with Crippen molar-refractivity contribution in [3.05, 3.63) is 54.4 Å². The Bertz CT molecular complexity index is 1610. The summed E-state index contributed by atoms with van der Waals surface area (Å²) in [6.07, 6.45) is -10.8. The van der Waals surface area contributed by atoms with Crippen molar-refractivity contribution in [2.75, 3.05) is 26.9 Å². The number of aliphatic hydroxyl groups is 4. The van der Waals surface area contributed by atoms with Crippen LogP contribution in [0.15, 0.2) is 32.8 Å². The third-order valence-corrected chi connectivity index (χ3v) is 7.69. The van der Waals surface area contributed by atoms with Gasteiger partial charge in [0.1, 0.15) is 36.6 Å². The monoisotopic (exact) mass is 654 g/mol. The lowest BCUT2D eigenvalue weighted by atomic mass is 10.1. The van der Waals surface area contributed by atoms with Gasteiger partial charge in [0.2, 0.25) is 5.75 Å². The molecule has 238 valence electrons. The van der Waals surface area contributed by atoms with Crippen LogP contribution in [0, 0.1) is 4.77 Å². The lowest BCUT2D eigenvalue weighted by molar-refractivity contribution is -0.142. The zero-order valence-electron chi connectivity index (χ0n) is 21.9. The van der Waals surface area contributed by atoms with E-state index in [1.165, 1.54) is 0 Å². The van der Waals surface area contributed by atoms with Gasteiger partial charge < -0.3 is 44.3 Å². The number of ether oxygens (including phenoxy) is 4. The van der Waals surface area contributed by atoms with Crippen molar-refractivity contribution >= 4 is 26.0 Å². The molecular weight excluding hydrogens is 627 g/mol. The molecule has 0 spiro atoms. The molecule has 2 fully saturated rings. The molecule has 2 aromatic rings. The normalized spacial score (nSPS) is 30.2. The molecule has 2 saturated heterocycles. The van der Waals surface area contributed by atoms with E-state index in [9.17, 15) is 49.1 Å². The molecule has 4 heterocycles. The lowest BCUT2D eigenvalue weighted by Crippen LogP contribution is -2.39. The number of H-pyrrole nitrogens is 2. The number of aromatic nitrogens is 4. The van der Waals surface area contributed by atoms with Crippen molar-refractivity contribution in [3.63, 3.8) is 0 Å². The van der Waals surface area contributed by atoms with Crippen molar-refractivity contribution in [2.45, 2.75) is 49.1 Å². The zero-order chi connectivity index (χ0) is 31.6. The van der Waals surface area contributed by atoms with E-state index in [-0.39, 0.29) is 4.77 Å². The van der Waals surface area contributed by atoms with E-state index >= 15 is 0 Å². The molecule has 0 radical (unpaired) electrons. The van der Waals surface area contributed by atoms with Gasteiger partial charge in [-0.3, -0.25) is 37.7 Å². The second kappa shape index (κ2) is 13.3. The van der Waals surface area contributed by atoms with E-state index in [2.05, 4.69) is 9.72 Å². The maximum Gasteiger partial charge on any atom is 0.472 e. The molecule has 2 aliphatic heterocycles. The molecule has 2 aliphatic rings. The SMILES string of the molecule is COC(=O)COc1cn([C@@H]2O[C@H](COP(=O)(O)O[C@H]3[C@@H](O)[C@H](n4ccc(=O)[nH]c4=O)O[C@@H]3CO)[C@@H](O)[C@H]2O)c(=S)[nH]c1=O. The maximum atomic E-state index is 12.7. The van der Waals surface area contributed by atoms with E-state index in [0.29, 0.717) is 0 Å². The minimum atomic E-state index is -5.11. The average Bonchev–Trinajstić information content (AvgIpc) is 3.41. The number of methoxy groups -OCH3 is 1. The van der Waals surface area contributed by atoms with Crippen molar-refractivity contribution in [1.29, 1.82) is 0 Å². The van der Waals surface area contributed by atoms with Gasteiger partial charge in [-0.1, -0.05) is 0 Å². The van der Waals surface area contributed by atoms with Gasteiger partial charge in [0.05, 0.1) is 26.5 Å². The quantitative estimate of drug-likeness (QED) is 0.0699. The smallest absolute Gasteiger partial charge is 0.472 e. The molecule has 9 atom stereocenters. The highest BCUT2D eigenvalue weighted by Crippen LogP contribution is 2.49. The van der Waals surface area contributed by atoms with Crippen molar-refractivity contribution in [1.82, 2.24) is 19.1 Å². The van der Waals surface area contributed by atoms with E-state index in [0.717, 1.165) is 34.7 Å². The first-order valence-electron chi connectivity index (χ1n) is 12.2. The summed E-state index contributed by atoms with van der Waals surface area (Å²) < 4.78 is 44.6. The number of phosphoric acid groups is 1. The van der Waals surface area contributed by atoms with Gasteiger partial charge in [-0.25, -0.2) is 14.2 Å². The standard InChI is InChI=1S/C21H27N4O16PS/c1-36-12(28)7-37-8-4-25(21(43)23-17(8)32)18-14(30)13(29)10(40-18)6-38-42(34,35)41-16-9(5-26)39-19(15(16)31)24-3-2-11(27)22-20(24)33/h2-4,9-10,13-16,18-19,26,29-31H,5-7H2,1H3,(H,34,35)(H,22,27,33)(H,23,32,43)/t9-,10-,13-,14-,15-,16-,18-,19-/m1/s1. The van der Waals surface area contributed by atoms with E-state index in [4.69, 9.17) is 35.5 Å². The van der Waals surface area contributed by atoms with E-state index in [1.54, 1.807) is 0 Å². The molecule has 1 unspecified atom stereocenters. The van der Waals surface area contributed by atoms with E-state index < -0.39 is 105 Å². The number of carbonyl (C=O) groups excluding carboxylic acids is 1. The highest BCUT2D eigenvalue weighted by Gasteiger charge is 2.50. The Morgan fingerprint density at radius 3 is 2.40 bits per heavy atom. The van der Waals surface area contributed by atoms with Crippen LogP contribution in [0.3, 0.4) is 0 Å². The molecule has 2 aromatic heterocycles.